The molecule has 1 aliphatic heterocycles. The number of piperazine rings is 1. The molecule has 2 heterocycles. The van der Waals surface area contributed by atoms with Crippen LogP contribution in [0.4, 0.5) is 17.2 Å². The van der Waals surface area contributed by atoms with E-state index < -0.39 is 0 Å². The van der Waals surface area contributed by atoms with E-state index in [-0.39, 0.29) is 5.82 Å². The lowest BCUT2D eigenvalue weighted by Crippen LogP contribution is -2.61. The van der Waals surface area contributed by atoms with E-state index in [4.69, 9.17) is 17.4 Å². The number of fused-ring (bicyclic) bond motifs is 1. The largest absolute Gasteiger partial charge is 0.379 e. The average molecular weight is 405 g/mol. The van der Waals surface area contributed by atoms with Gasteiger partial charge in [0, 0.05) is 12.2 Å². The van der Waals surface area contributed by atoms with E-state index in [0.717, 1.165) is 48.3 Å². The first kappa shape index (κ1) is 19.8. The number of hydrogen-bond acceptors (Lipinski definition) is 6. The molecule has 1 saturated heterocycles. The van der Waals surface area contributed by atoms with Crippen LogP contribution in [0.25, 0.3) is 10.9 Å². The molecule has 0 saturated carbocycles. The van der Waals surface area contributed by atoms with Crippen LogP contribution in [0.1, 0.15) is 11.1 Å². The standard InChI is InChI=1S/C22H27N8/c1-30(26)11-9-28(10-12-30)17-7-8-20-18(13-17)21(19(14-23)22(24)29(20)25)27-15-16-5-3-2-4-6-16/h2-8,13H,9-12,15,25-26H2,1H3,(H2,24,27)/q+1/p+1. The van der Waals surface area contributed by atoms with Gasteiger partial charge in [-0.3, -0.25) is 11.6 Å². The van der Waals surface area contributed by atoms with Crippen molar-refractivity contribution in [1.82, 2.24) is 0 Å². The Bertz CT molecular complexity index is 1110. The van der Waals surface area contributed by atoms with Crippen LogP contribution < -0.4 is 32.3 Å². The summed E-state index contributed by atoms with van der Waals surface area (Å²) in [7, 11) is 2.04. The second-order valence-corrected chi connectivity index (χ2v) is 8.07. The molecule has 8 heteroatoms. The fourth-order valence-electron chi connectivity index (χ4n) is 3.91. The molecule has 1 aromatic heterocycles. The fourth-order valence-corrected chi connectivity index (χ4v) is 3.91. The van der Waals surface area contributed by atoms with E-state index in [1.165, 1.54) is 4.68 Å². The number of nitrogens with zero attached hydrogens (tertiary/aromatic N) is 4. The minimum Gasteiger partial charge on any atom is -0.379 e. The van der Waals surface area contributed by atoms with E-state index in [1.807, 2.05) is 49.5 Å². The van der Waals surface area contributed by atoms with Crippen molar-refractivity contribution >= 4 is 28.1 Å². The molecular weight excluding hydrogens is 376 g/mol. The summed E-state index contributed by atoms with van der Waals surface area (Å²) < 4.78 is 1.92. The quantitative estimate of drug-likeness (QED) is 0.293. The summed E-state index contributed by atoms with van der Waals surface area (Å²) in [5.41, 5.74) is 10.2. The van der Waals surface area contributed by atoms with Gasteiger partial charge >= 0.3 is 5.82 Å². The van der Waals surface area contributed by atoms with Crippen molar-refractivity contribution in [2.24, 2.45) is 5.84 Å². The van der Waals surface area contributed by atoms with Gasteiger partial charge < -0.3 is 10.2 Å². The van der Waals surface area contributed by atoms with Gasteiger partial charge in [0.15, 0.2) is 11.1 Å². The van der Waals surface area contributed by atoms with E-state index in [0.29, 0.717) is 22.4 Å². The maximum Gasteiger partial charge on any atom is 0.316 e. The monoisotopic (exact) mass is 404 g/mol. The molecular formula is C22H28N8+2. The molecule has 1 fully saturated rings. The van der Waals surface area contributed by atoms with Gasteiger partial charge in [-0.1, -0.05) is 30.3 Å². The van der Waals surface area contributed by atoms with Gasteiger partial charge in [-0.25, -0.2) is 4.59 Å². The summed E-state index contributed by atoms with van der Waals surface area (Å²) in [5, 5.41) is 14.1. The first-order valence-electron chi connectivity index (χ1n) is 10.0. The zero-order valence-corrected chi connectivity index (χ0v) is 17.2. The zero-order valence-electron chi connectivity index (χ0n) is 17.2. The topological polar surface area (TPSA) is 121 Å². The predicted octanol–water partition coefficient (Wildman–Crippen LogP) is 1.05. The zero-order chi connectivity index (χ0) is 21.3. The summed E-state index contributed by atoms with van der Waals surface area (Å²) in [5.74, 6) is 12.7. The molecule has 0 aliphatic carbocycles. The Morgan fingerprint density at radius 2 is 1.87 bits per heavy atom. The lowest BCUT2D eigenvalue weighted by atomic mass is 10.1. The summed E-state index contributed by atoms with van der Waals surface area (Å²) in [6.45, 7) is 4.07. The summed E-state index contributed by atoms with van der Waals surface area (Å²) in [4.78, 5) is 2.32. The van der Waals surface area contributed by atoms with Crippen molar-refractivity contribution < 1.29 is 9.27 Å². The normalized spacial score (nSPS) is 15.7. The Labute approximate surface area is 176 Å². The molecule has 30 heavy (non-hydrogen) atoms. The Morgan fingerprint density at radius 3 is 2.53 bits per heavy atom. The lowest BCUT2D eigenvalue weighted by molar-refractivity contribution is -0.921. The molecule has 0 amide bonds. The Hall–Kier alpha value is -3.54. The van der Waals surface area contributed by atoms with Gasteiger partial charge in [0.1, 0.15) is 19.2 Å². The second kappa shape index (κ2) is 7.71. The minimum absolute atomic E-state index is 0.238. The number of nitriles is 1. The van der Waals surface area contributed by atoms with Crippen molar-refractivity contribution in [1.29, 1.82) is 5.26 Å². The van der Waals surface area contributed by atoms with Crippen molar-refractivity contribution in [2.75, 3.05) is 55.0 Å². The number of anilines is 3. The molecule has 3 aromatic rings. The first-order chi connectivity index (χ1) is 14.4. The third kappa shape index (κ3) is 3.68. The highest BCUT2D eigenvalue weighted by atomic mass is 15.6. The molecule has 7 N–H and O–H groups in total. The summed E-state index contributed by atoms with van der Waals surface area (Å²) >= 11 is 0. The number of nitrogens with two attached hydrogens (primary N) is 3. The highest BCUT2D eigenvalue weighted by Gasteiger charge is 2.27. The predicted molar refractivity (Wildman–Crippen MR) is 120 cm³/mol. The van der Waals surface area contributed by atoms with Crippen LogP contribution in [0.3, 0.4) is 0 Å². The SMILES string of the molecule is C[N+]1(N)CCN(c2ccc3c(c2)c(NCc2ccccc2)c(C#N)c(N)[n+]3N)CC1. The molecule has 154 valence electrons. The molecule has 0 radical (unpaired) electrons. The number of quaternary nitrogens is 1. The molecule has 8 nitrogen and oxygen atoms in total. The smallest absolute Gasteiger partial charge is 0.316 e. The van der Waals surface area contributed by atoms with Crippen LogP contribution in [0, 0.1) is 11.3 Å². The number of likely N-dealkylation sites (N-methyl/N-ethyl adjacent to an activating group) is 1. The lowest BCUT2D eigenvalue weighted by Gasteiger charge is -2.38. The van der Waals surface area contributed by atoms with Crippen molar-refractivity contribution in [3.05, 3.63) is 59.7 Å². The average Bonchev–Trinajstić information content (AvgIpc) is 2.75. The third-order valence-electron chi connectivity index (χ3n) is 5.83. The number of hydrogen-bond donors (Lipinski definition) is 4. The van der Waals surface area contributed by atoms with Crippen LogP contribution in [0.2, 0.25) is 0 Å². The van der Waals surface area contributed by atoms with Gasteiger partial charge in [0.25, 0.3) is 0 Å². The molecule has 0 bridgehead atoms. The minimum atomic E-state index is 0.238. The number of benzene rings is 2. The van der Waals surface area contributed by atoms with Gasteiger partial charge in [-0.05, 0) is 23.8 Å². The molecule has 2 aromatic carbocycles. The van der Waals surface area contributed by atoms with E-state index in [2.05, 4.69) is 22.4 Å². The van der Waals surface area contributed by atoms with E-state index in [9.17, 15) is 5.26 Å². The van der Waals surface area contributed by atoms with Gasteiger partial charge in [0.05, 0.1) is 31.2 Å². The summed E-state index contributed by atoms with van der Waals surface area (Å²) in [6, 6.07) is 18.4. The first-order valence-corrected chi connectivity index (χ1v) is 10.0. The number of rotatable bonds is 4. The fraction of sp³-hybridized carbons (Fsp3) is 0.273. The Morgan fingerprint density at radius 1 is 1.17 bits per heavy atom. The van der Waals surface area contributed by atoms with Crippen molar-refractivity contribution in [3.63, 3.8) is 0 Å². The Kier molecular flexibility index (Phi) is 5.08. The summed E-state index contributed by atoms with van der Waals surface area (Å²) in [6.07, 6.45) is 0. The molecule has 4 rings (SSSR count). The molecule has 1 aliphatic rings. The Balaban J connectivity index is 1.77. The van der Waals surface area contributed by atoms with Gasteiger partial charge in [-0.2, -0.15) is 11.1 Å². The van der Waals surface area contributed by atoms with Crippen LogP contribution in [0.15, 0.2) is 48.5 Å². The van der Waals surface area contributed by atoms with Crippen LogP contribution in [-0.4, -0.2) is 37.8 Å². The molecule has 0 atom stereocenters. The van der Waals surface area contributed by atoms with Crippen LogP contribution in [0.5, 0.6) is 0 Å². The third-order valence-corrected chi connectivity index (χ3v) is 5.83. The number of aromatic nitrogens is 1. The number of nitrogens with one attached hydrogen (secondary N) is 1. The number of nitrogen functional groups attached to an aromatic ring is 2. The highest BCUT2D eigenvalue weighted by Crippen LogP contribution is 2.32. The van der Waals surface area contributed by atoms with E-state index in [1.54, 1.807) is 0 Å². The van der Waals surface area contributed by atoms with Crippen LogP contribution >= 0.6 is 0 Å². The number of pyridine rings is 1. The van der Waals surface area contributed by atoms with Crippen molar-refractivity contribution in [3.8, 4) is 6.07 Å². The maximum absolute atomic E-state index is 9.79. The molecule has 0 spiro atoms. The molecule has 0 unspecified atom stereocenters. The van der Waals surface area contributed by atoms with Crippen LogP contribution in [-0.2, 0) is 6.54 Å². The van der Waals surface area contributed by atoms with E-state index >= 15 is 0 Å². The highest BCUT2D eigenvalue weighted by molar-refractivity contribution is 5.96. The second-order valence-electron chi connectivity index (χ2n) is 8.07. The van der Waals surface area contributed by atoms with Gasteiger partial charge in [-0.15, -0.1) is 4.68 Å². The maximum atomic E-state index is 9.79. The van der Waals surface area contributed by atoms with Crippen molar-refractivity contribution in [2.45, 2.75) is 6.54 Å². The van der Waals surface area contributed by atoms with Gasteiger partial charge in [0.2, 0.25) is 0 Å².